The fourth-order valence-corrected chi connectivity index (χ4v) is 8.33. The maximum absolute atomic E-state index is 13.2. The molecule has 1 amide bonds. The first kappa shape index (κ1) is 60.8. The van der Waals surface area contributed by atoms with Gasteiger partial charge in [0.05, 0.1) is 25.2 Å². The molecule has 0 aliphatic carbocycles. The number of ether oxygens (including phenoxy) is 1. The van der Waals surface area contributed by atoms with Crippen molar-refractivity contribution in [3.05, 3.63) is 48.6 Å². The van der Waals surface area contributed by atoms with E-state index in [4.69, 9.17) is 4.74 Å². The molecule has 0 aromatic rings. The predicted octanol–water partition coefficient (Wildman–Crippen LogP) is 16.6. The Bertz CT molecular complexity index is 1080. The zero-order valence-corrected chi connectivity index (χ0v) is 42.0. The summed E-state index contributed by atoms with van der Waals surface area (Å²) in [7, 11) is 0. The van der Waals surface area contributed by atoms with Crippen molar-refractivity contribution in [2.45, 2.75) is 296 Å². The first-order valence-electron chi connectivity index (χ1n) is 27.4. The number of nitrogens with one attached hydrogen (secondary N) is 1. The average molecular weight is 884 g/mol. The van der Waals surface area contributed by atoms with E-state index in [1.807, 2.05) is 0 Å². The Hall–Kier alpha value is -2.18. The SMILES string of the molecule is CCCCC/C=C/C=C/C=C/C=C/CCCCCCCC(=O)OC(CCCCCCCCCCCCCCCCCC)CC(=O)NC(CO)C(O)CCCCCCCCCCCC. The Balaban J connectivity index is 4.60. The molecule has 0 bridgehead atoms. The molecule has 0 aliphatic rings. The molecule has 0 radical (unpaired) electrons. The molecule has 3 atom stereocenters. The Morgan fingerprint density at radius 2 is 0.810 bits per heavy atom. The number of hydrogen-bond donors (Lipinski definition) is 3. The quantitative estimate of drug-likeness (QED) is 0.0321. The van der Waals surface area contributed by atoms with Gasteiger partial charge in [-0.25, -0.2) is 0 Å². The van der Waals surface area contributed by atoms with Gasteiger partial charge in [0.2, 0.25) is 5.91 Å². The highest BCUT2D eigenvalue weighted by atomic mass is 16.5. The van der Waals surface area contributed by atoms with E-state index in [0.29, 0.717) is 19.3 Å². The summed E-state index contributed by atoms with van der Waals surface area (Å²) in [6, 6.07) is -0.704. The standard InChI is InChI=1S/C57H105NO5/c1-4-7-10-13-16-19-22-24-26-28-29-31-33-35-38-41-44-47-50-57(62)63-53(48-45-42-39-36-34-32-30-27-25-23-20-17-14-11-8-5-2)51-56(61)58-54(52-59)55(60)49-46-43-40-37-21-18-15-12-9-6-3/h16,19,22,24,26,28-29,31,53-55,59-60H,4-15,17-18,20-21,23,25,27,30,32-52H2,1-3H3,(H,58,61)/b19-16+,24-22+,28-26+,31-29+. The van der Waals surface area contributed by atoms with Gasteiger partial charge in [0.15, 0.2) is 0 Å². The monoisotopic (exact) mass is 884 g/mol. The van der Waals surface area contributed by atoms with Crippen LogP contribution in [-0.2, 0) is 14.3 Å². The zero-order valence-electron chi connectivity index (χ0n) is 42.0. The van der Waals surface area contributed by atoms with Crippen LogP contribution in [0.3, 0.4) is 0 Å². The van der Waals surface area contributed by atoms with E-state index in [9.17, 15) is 19.8 Å². The van der Waals surface area contributed by atoms with Crippen molar-refractivity contribution in [2.75, 3.05) is 6.61 Å². The van der Waals surface area contributed by atoms with Crippen LogP contribution in [-0.4, -0.2) is 46.9 Å². The number of esters is 1. The summed E-state index contributed by atoms with van der Waals surface area (Å²) in [5, 5.41) is 23.8. The molecular weight excluding hydrogens is 779 g/mol. The van der Waals surface area contributed by atoms with Gasteiger partial charge in [0, 0.05) is 6.42 Å². The van der Waals surface area contributed by atoms with E-state index in [-0.39, 0.29) is 24.9 Å². The van der Waals surface area contributed by atoms with Crippen LogP contribution in [0.25, 0.3) is 0 Å². The summed E-state index contributed by atoms with van der Waals surface area (Å²) in [6.07, 6.45) is 61.7. The van der Waals surface area contributed by atoms with Crippen molar-refractivity contribution in [3.63, 3.8) is 0 Å². The van der Waals surface area contributed by atoms with Crippen molar-refractivity contribution in [1.82, 2.24) is 5.32 Å². The molecule has 0 saturated heterocycles. The van der Waals surface area contributed by atoms with Gasteiger partial charge in [0.25, 0.3) is 0 Å². The largest absolute Gasteiger partial charge is 0.462 e. The lowest BCUT2D eigenvalue weighted by Crippen LogP contribution is -2.46. The van der Waals surface area contributed by atoms with E-state index in [1.165, 1.54) is 154 Å². The topological polar surface area (TPSA) is 95.9 Å². The molecule has 3 N–H and O–H groups in total. The van der Waals surface area contributed by atoms with Gasteiger partial charge in [-0.05, 0) is 51.4 Å². The lowest BCUT2D eigenvalue weighted by molar-refractivity contribution is -0.151. The van der Waals surface area contributed by atoms with Crippen molar-refractivity contribution >= 4 is 11.9 Å². The molecule has 6 heteroatoms. The first-order chi connectivity index (χ1) is 31.0. The van der Waals surface area contributed by atoms with Crippen LogP contribution in [0, 0.1) is 0 Å². The molecule has 63 heavy (non-hydrogen) atoms. The molecule has 0 aromatic carbocycles. The number of carbonyl (C=O) groups is 2. The fraction of sp³-hybridized carbons (Fsp3) is 0.825. The Labute approximate surface area is 391 Å². The van der Waals surface area contributed by atoms with Crippen molar-refractivity contribution in [3.8, 4) is 0 Å². The molecule has 6 nitrogen and oxygen atoms in total. The highest BCUT2D eigenvalue weighted by molar-refractivity contribution is 5.77. The first-order valence-corrected chi connectivity index (χ1v) is 27.4. The average Bonchev–Trinajstić information content (AvgIpc) is 3.28. The van der Waals surface area contributed by atoms with E-state index in [2.05, 4.69) is 74.7 Å². The summed E-state index contributed by atoms with van der Waals surface area (Å²) < 4.78 is 5.94. The molecule has 0 spiro atoms. The molecule has 0 saturated carbocycles. The number of hydrogen-bond acceptors (Lipinski definition) is 5. The van der Waals surface area contributed by atoms with Gasteiger partial charge in [-0.1, -0.05) is 262 Å². The summed E-state index contributed by atoms with van der Waals surface area (Å²) >= 11 is 0. The predicted molar refractivity (Wildman–Crippen MR) is 273 cm³/mol. The normalized spacial score (nSPS) is 13.5. The van der Waals surface area contributed by atoms with E-state index in [1.54, 1.807) is 0 Å². The Morgan fingerprint density at radius 1 is 0.460 bits per heavy atom. The molecule has 368 valence electrons. The second kappa shape index (κ2) is 50.8. The molecule has 0 heterocycles. The smallest absolute Gasteiger partial charge is 0.306 e. The Kier molecular flexibility index (Phi) is 49.1. The van der Waals surface area contributed by atoms with Crippen LogP contribution in [0.15, 0.2) is 48.6 Å². The van der Waals surface area contributed by atoms with Crippen molar-refractivity contribution in [1.29, 1.82) is 0 Å². The van der Waals surface area contributed by atoms with E-state index in [0.717, 1.165) is 77.0 Å². The third kappa shape index (κ3) is 46.2. The number of amides is 1. The molecular formula is C57H105NO5. The number of aliphatic hydroxyl groups is 2. The van der Waals surface area contributed by atoms with Crippen LogP contribution < -0.4 is 5.32 Å². The number of unbranched alkanes of at least 4 members (excludes halogenated alkanes) is 32. The van der Waals surface area contributed by atoms with E-state index >= 15 is 0 Å². The summed E-state index contributed by atoms with van der Waals surface area (Å²) in [5.41, 5.74) is 0. The Morgan fingerprint density at radius 3 is 1.25 bits per heavy atom. The number of allylic oxidation sites excluding steroid dienone is 8. The maximum Gasteiger partial charge on any atom is 0.306 e. The molecule has 3 unspecified atom stereocenters. The maximum atomic E-state index is 13.2. The third-order valence-electron chi connectivity index (χ3n) is 12.5. The summed E-state index contributed by atoms with van der Waals surface area (Å²) in [4.78, 5) is 26.2. The van der Waals surface area contributed by atoms with Crippen LogP contribution >= 0.6 is 0 Å². The van der Waals surface area contributed by atoms with Crippen molar-refractivity contribution < 1.29 is 24.5 Å². The van der Waals surface area contributed by atoms with Gasteiger partial charge in [-0.15, -0.1) is 0 Å². The minimum absolute atomic E-state index is 0.0706. The van der Waals surface area contributed by atoms with Gasteiger partial charge >= 0.3 is 5.97 Å². The highest BCUT2D eigenvalue weighted by Crippen LogP contribution is 2.18. The third-order valence-corrected chi connectivity index (χ3v) is 12.5. The number of aliphatic hydroxyl groups excluding tert-OH is 2. The van der Waals surface area contributed by atoms with Crippen molar-refractivity contribution in [2.24, 2.45) is 0 Å². The van der Waals surface area contributed by atoms with Gasteiger partial charge in [-0.2, -0.15) is 0 Å². The second-order valence-electron chi connectivity index (χ2n) is 18.7. The fourth-order valence-electron chi connectivity index (χ4n) is 8.33. The van der Waals surface area contributed by atoms with Gasteiger partial charge in [0.1, 0.15) is 6.10 Å². The van der Waals surface area contributed by atoms with Crippen LogP contribution in [0.1, 0.15) is 278 Å². The van der Waals surface area contributed by atoms with E-state index < -0.39 is 18.2 Å². The number of carbonyl (C=O) groups excluding carboxylic acids is 2. The van der Waals surface area contributed by atoms with Gasteiger partial charge in [-0.3, -0.25) is 9.59 Å². The lowest BCUT2D eigenvalue weighted by Gasteiger charge is -2.24. The second-order valence-corrected chi connectivity index (χ2v) is 18.7. The highest BCUT2D eigenvalue weighted by Gasteiger charge is 2.24. The molecule has 0 rings (SSSR count). The van der Waals surface area contributed by atoms with Crippen LogP contribution in [0.2, 0.25) is 0 Å². The summed E-state index contributed by atoms with van der Waals surface area (Å²) in [5.74, 6) is -0.489. The molecule has 0 fully saturated rings. The lowest BCUT2D eigenvalue weighted by atomic mass is 10.0. The molecule has 0 aromatic heterocycles. The van der Waals surface area contributed by atoms with Crippen LogP contribution in [0.5, 0.6) is 0 Å². The van der Waals surface area contributed by atoms with Gasteiger partial charge < -0.3 is 20.3 Å². The number of rotatable bonds is 49. The van der Waals surface area contributed by atoms with Crippen LogP contribution in [0.4, 0.5) is 0 Å². The zero-order chi connectivity index (χ0) is 45.9. The molecule has 0 aliphatic heterocycles. The minimum Gasteiger partial charge on any atom is -0.462 e. The minimum atomic E-state index is -0.790. The summed E-state index contributed by atoms with van der Waals surface area (Å²) in [6.45, 7) is 6.45.